The largest absolute Gasteiger partial charge is 0.454 e. The van der Waals surface area contributed by atoms with Gasteiger partial charge in [0.25, 0.3) is 0 Å². The van der Waals surface area contributed by atoms with Crippen molar-refractivity contribution in [2.75, 3.05) is 26.9 Å². The van der Waals surface area contributed by atoms with Crippen LogP contribution in [0.15, 0.2) is 18.2 Å². The number of fused-ring (bicyclic) bond motifs is 1. The fourth-order valence-electron chi connectivity index (χ4n) is 2.55. The molecule has 1 aromatic rings. The van der Waals surface area contributed by atoms with E-state index in [9.17, 15) is 9.59 Å². The number of nitrogens with zero attached hydrogens (tertiary/aromatic N) is 2. The first-order valence-electron chi connectivity index (χ1n) is 8.39. The Hall–Kier alpha value is -2.24. The van der Waals surface area contributed by atoms with E-state index in [4.69, 9.17) is 9.47 Å². The van der Waals surface area contributed by atoms with Gasteiger partial charge in [-0.25, -0.2) is 0 Å². The third-order valence-electron chi connectivity index (χ3n) is 4.12. The summed E-state index contributed by atoms with van der Waals surface area (Å²) < 4.78 is 10.7. The molecule has 1 aliphatic rings. The molecule has 0 aromatic heterocycles. The summed E-state index contributed by atoms with van der Waals surface area (Å²) in [4.78, 5) is 27.4. The predicted molar refractivity (Wildman–Crippen MR) is 90.8 cm³/mol. The number of benzene rings is 1. The zero-order valence-corrected chi connectivity index (χ0v) is 14.7. The van der Waals surface area contributed by atoms with Gasteiger partial charge in [0, 0.05) is 40.0 Å². The Morgan fingerprint density at radius 1 is 1.17 bits per heavy atom. The van der Waals surface area contributed by atoms with Gasteiger partial charge < -0.3 is 19.3 Å². The molecule has 132 valence electrons. The summed E-state index contributed by atoms with van der Waals surface area (Å²) in [6, 6.07) is 5.64. The van der Waals surface area contributed by atoms with Gasteiger partial charge in [0.2, 0.25) is 18.6 Å². The molecule has 6 nitrogen and oxygen atoms in total. The van der Waals surface area contributed by atoms with Crippen LogP contribution in [0.1, 0.15) is 38.7 Å². The first-order valence-corrected chi connectivity index (χ1v) is 8.39. The van der Waals surface area contributed by atoms with Gasteiger partial charge in [0.15, 0.2) is 11.5 Å². The van der Waals surface area contributed by atoms with Crippen molar-refractivity contribution in [3.63, 3.8) is 0 Å². The quantitative estimate of drug-likeness (QED) is 0.732. The Morgan fingerprint density at radius 2 is 1.92 bits per heavy atom. The van der Waals surface area contributed by atoms with Gasteiger partial charge in [-0.2, -0.15) is 0 Å². The second kappa shape index (κ2) is 8.57. The van der Waals surface area contributed by atoms with Gasteiger partial charge in [-0.05, 0) is 24.1 Å². The Bertz CT molecular complexity index is 588. The fourth-order valence-corrected chi connectivity index (χ4v) is 2.55. The number of carbonyl (C=O) groups excluding carboxylic acids is 2. The van der Waals surface area contributed by atoms with Crippen molar-refractivity contribution in [1.82, 2.24) is 9.80 Å². The highest BCUT2D eigenvalue weighted by molar-refractivity contribution is 5.78. The van der Waals surface area contributed by atoms with Crippen molar-refractivity contribution in [2.24, 2.45) is 0 Å². The van der Waals surface area contributed by atoms with Crippen molar-refractivity contribution < 1.29 is 19.1 Å². The van der Waals surface area contributed by atoms with Crippen LogP contribution in [0, 0.1) is 0 Å². The maximum Gasteiger partial charge on any atom is 0.231 e. The second-order valence-corrected chi connectivity index (χ2v) is 6.05. The normalized spacial score (nSPS) is 12.1. The predicted octanol–water partition coefficient (Wildman–Crippen LogP) is 2.41. The molecule has 1 heterocycles. The standard InChI is InChI=1S/C18H26N2O4/c1-4-5-9-19(3)18(22)8-10-20(14(2)21)12-15-6-7-16-17(11-15)24-13-23-16/h6-7,11H,4-5,8-10,12-13H2,1-3H3. The van der Waals surface area contributed by atoms with Crippen molar-refractivity contribution in [3.05, 3.63) is 23.8 Å². The molecule has 0 saturated carbocycles. The van der Waals surface area contributed by atoms with Crippen molar-refractivity contribution >= 4 is 11.8 Å². The van der Waals surface area contributed by atoms with E-state index in [-0.39, 0.29) is 18.6 Å². The zero-order chi connectivity index (χ0) is 17.5. The molecule has 0 N–H and O–H groups in total. The molecule has 24 heavy (non-hydrogen) atoms. The highest BCUT2D eigenvalue weighted by atomic mass is 16.7. The molecule has 0 bridgehead atoms. The van der Waals surface area contributed by atoms with Crippen molar-refractivity contribution in [2.45, 2.75) is 39.7 Å². The minimum Gasteiger partial charge on any atom is -0.454 e. The van der Waals surface area contributed by atoms with Crippen molar-refractivity contribution in [3.8, 4) is 11.5 Å². The number of unbranched alkanes of at least 4 members (excludes halogenated alkanes) is 1. The number of ether oxygens (including phenoxy) is 2. The molecule has 1 aliphatic heterocycles. The minimum atomic E-state index is -0.0447. The summed E-state index contributed by atoms with van der Waals surface area (Å²) in [5, 5.41) is 0. The number of amides is 2. The van der Waals surface area contributed by atoms with Gasteiger partial charge in [0.05, 0.1) is 0 Å². The lowest BCUT2D eigenvalue weighted by Gasteiger charge is -2.23. The van der Waals surface area contributed by atoms with E-state index < -0.39 is 0 Å². The molecule has 1 aromatic carbocycles. The topological polar surface area (TPSA) is 59.1 Å². The highest BCUT2D eigenvalue weighted by Gasteiger charge is 2.17. The Morgan fingerprint density at radius 3 is 2.62 bits per heavy atom. The van der Waals surface area contributed by atoms with Crippen LogP contribution in [0.4, 0.5) is 0 Å². The third-order valence-corrected chi connectivity index (χ3v) is 4.12. The summed E-state index contributed by atoms with van der Waals surface area (Å²) in [7, 11) is 1.81. The molecule has 0 fully saturated rings. The van der Waals surface area contributed by atoms with E-state index in [1.165, 1.54) is 6.92 Å². The average Bonchev–Trinajstić information content (AvgIpc) is 3.03. The Labute approximate surface area is 143 Å². The highest BCUT2D eigenvalue weighted by Crippen LogP contribution is 2.32. The number of hydrogen-bond donors (Lipinski definition) is 0. The van der Waals surface area contributed by atoms with Crippen molar-refractivity contribution in [1.29, 1.82) is 0 Å². The van der Waals surface area contributed by atoms with Gasteiger partial charge in [-0.1, -0.05) is 19.4 Å². The molecule has 0 atom stereocenters. The van der Waals surface area contributed by atoms with E-state index in [0.29, 0.717) is 25.3 Å². The maximum absolute atomic E-state index is 12.1. The molecular formula is C18H26N2O4. The van der Waals surface area contributed by atoms with Crippen LogP contribution in [0.25, 0.3) is 0 Å². The fraction of sp³-hybridized carbons (Fsp3) is 0.556. The van der Waals surface area contributed by atoms with E-state index in [0.717, 1.165) is 30.7 Å². The lowest BCUT2D eigenvalue weighted by molar-refractivity contribution is -0.133. The molecular weight excluding hydrogens is 308 g/mol. The monoisotopic (exact) mass is 334 g/mol. The molecule has 0 radical (unpaired) electrons. The summed E-state index contributed by atoms with van der Waals surface area (Å²) in [6.45, 7) is 5.49. The molecule has 6 heteroatoms. The smallest absolute Gasteiger partial charge is 0.231 e. The average molecular weight is 334 g/mol. The van der Waals surface area contributed by atoms with Crippen LogP contribution in [0.5, 0.6) is 11.5 Å². The maximum atomic E-state index is 12.1. The summed E-state index contributed by atoms with van der Waals surface area (Å²) >= 11 is 0. The first-order chi connectivity index (χ1) is 11.5. The summed E-state index contributed by atoms with van der Waals surface area (Å²) in [5.74, 6) is 1.45. The molecule has 0 aliphatic carbocycles. The van der Waals surface area contributed by atoms with Crippen LogP contribution in [-0.2, 0) is 16.1 Å². The molecule has 0 saturated heterocycles. The van der Waals surface area contributed by atoms with Crippen LogP contribution in [0.2, 0.25) is 0 Å². The summed E-state index contributed by atoms with van der Waals surface area (Å²) in [5.41, 5.74) is 0.959. The Balaban J connectivity index is 1.90. The zero-order valence-electron chi connectivity index (χ0n) is 14.7. The second-order valence-electron chi connectivity index (χ2n) is 6.05. The number of rotatable bonds is 8. The Kier molecular flexibility index (Phi) is 6.46. The van der Waals surface area contributed by atoms with Gasteiger partial charge in [0.1, 0.15) is 0 Å². The van der Waals surface area contributed by atoms with Gasteiger partial charge in [-0.15, -0.1) is 0 Å². The van der Waals surface area contributed by atoms with E-state index in [1.54, 1.807) is 9.80 Å². The summed E-state index contributed by atoms with van der Waals surface area (Å²) in [6.07, 6.45) is 2.39. The van der Waals surface area contributed by atoms with E-state index >= 15 is 0 Å². The lowest BCUT2D eigenvalue weighted by atomic mass is 10.2. The minimum absolute atomic E-state index is 0.0447. The van der Waals surface area contributed by atoms with Crippen LogP contribution < -0.4 is 9.47 Å². The van der Waals surface area contributed by atoms with E-state index in [1.807, 2.05) is 25.2 Å². The third kappa shape index (κ3) is 4.88. The molecule has 0 unspecified atom stereocenters. The lowest BCUT2D eigenvalue weighted by Crippen LogP contribution is -2.34. The van der Waals surface area contributed by atoms with Crippen LogP contribution in [-0.4, -0.2) is 48.5 Å². The molecule has 2 rings (SSSR count). The first kappa shape index (κ1) is 18.1. The van der Waals surface area contributed by atoms with E-state index in [2.05, 4.69) is 6.92 Å². The van der Waals surface area contributed by atoms with Crippen LogP contribution >= 0.6 is 0 Å². The van der Waals surface area contributed by atoms with Gasteiger partial charge in [-0.3, -0.25) is 9.59 Å². The SMILES string of the molecule is CCCCN(C)C(=O)CCN(Cc1ccc2c(c1)OCO2)C(C)=O. The number of carbonyl (C=O) groups is 2. The molecule has 0 spiro atoms. The van der Waals surface area contributed by atoms with Gasteiger partial charge >= 0.3 is 0 Å². The molecule has 2 amide bonds. The number of hydrogen-bond acceptors (Lipinski definition) is 4. The van der Waals surface area contributed by atoms with Crippen LogP contribution in [0.3, 0.4) is 0 Å².